The predicted molar refractivity (Wildman–Crippen MR) is 78.7 cm³/mol. The summed E-state index contributed by atoms with van der Waals surface area (Å²) in [6, 6.07) is 10.1. The third-order valence-corrected chi connectivity index (χ3v) is 3.95. The monoisotopic (exact) mass is 269 g/mol. The number of benzene rings is 1. The van der Waals surface area contributed by atoms with E-state index in [4.69, 9.17) is 0 Å². The number of hydrogen-bond acceptors (Lipinski definition) is 4. The number of β-amino-alcohol motifs (C(OH)–C–C–N with tert-alkyl or cyclic N) is 1. The minimum Gasteiger partial charge on any atom is -0.383 e. The van der Waals surface area contributed by atoms with E-state index in [0.29, 0.717) is 6.54 Å². The van der Waals surface area contributed by atoms with Gasteiger partial charge in [-0.1, -0.05) is 29.8 Å². The summed E-state index contributed by atoms with van der Waals surface area (Å²) in [6.45, 7) is 5.39. The molecule has 0 radical (unpaired) electrons. The first-order chi connectivity index (χ1) is 9.57. The third kappa shape index (κ3) is 2.39. The van der Waals surface area contributed by atoms with Gasteiger partial charge in [0, 0.05) is 18.3 Å². The Morgan fingerprint density at radius 1 is 1.15 bits per heavy atom. The van der Waals surface area contributed by atoms with Crippen molar-refractivity contribution in [2.75, 3.05) is 18.0 Å². The highest BCUT2D eigenvalue weighted by atomic mass is 16.3. The lowest BCUT2D eigenvalue weighted by atomic mass is 9.92. The van der Waals surface area contributed by atoms with Gasteiger partial charge in [0.1, 0.15) is 17.7 Å². The molecule has 1 aliphatic rings. The molecule has 3 rings (SSSR count). The molecule has 2 aromatic rings. The zero-order valence-corrected chi connectivity index (χ0v) is 11.9. The highest BCUT2D eigenvalue weighted by molar-refractivity contribution is 5.43. The molecular formula is C16H19N3O. The van der Waals surface area contributed by atoms with Crippen LogP contribution in [0, 0.1) is 13.8 Å². The van der Waals surface area contributed by atoms with Crippen LogP contribution in [0.25, 0.3) is 0 Å². The lowest BCUT2D eigenvalue weighted by Gasteiger charge is -2.24. The van der Waals surface area contributed by atoms with Gasteiger partial charge < -0.3 is 10.0 Å². The summed E-state index contributed by atoms with van der Waals surface area (Å²) in [4.78, 5) is 10.5. The quantitative estimate of drug-likeness (QED) is 0.908. The molecule has 0 unspecified atom stereocenters. The Balaban J connectivity index is 1.83. The SMILES string of the molecule is Cc1ccc([C@]2(O)CCN(c3cc(C)ncn3)C2)cc1. The first-order valence-electron chi connectivity index (χ1n) is 6.90. The van der Waals surface area contributed by atoms with E-state index in [1.165, 1.54) is 5.56 Å². The van der Waals surface area contributed by atoms with Gasteiger partial charge in [-0.05, 0) is 25.8 Å². The zero-order chi connectivity index (χ0) is 14.2. The van der Waals surface area contributed by atoms with E-state index >= 15 is 0 Å². The van der Waals surface area contributed by atoms with E-state index in [9.17, 15) is 5.11 Å². The maximum atomic E-state index is 10.9. The van der Waals surface area contributed by atoms with Crippen LogP contribution >= 0.6 is 0 Å². The summed E-state index contributed by atoms with van der Waals surface area (Å²) in [5, 5.41) is 10.9. The summed E-state index contributed by atoms with van der Waals surface area (Å²) in [6.07, 6.45) is 2.30. The molecule has 0 bridgehead atoms. The lowest BCUT2D eigenvalue weighted by molar-refractivity contribution is 0.0606. The average Bonchev–Trinajstić information content (AvgIpc) is 2.83. The van der Waals surface area contributed by atoms with E-state index < -0.39 is 5.60 Å². The van der Waals surface area contributed by atoms with Gasteiger partial charge in [-0.15, -0.1) is 0 Å². The number of anilines is 1. The molecule has 4 heteroatoms. The van der Waals surface area contributed by atoms with E-state index in [-0.39, 0.29) is 0 Å². The molecule has 1 fully saturated rings. The fourth-order valence-electron chi connectivity index (χ4n) is 2.70. The van der Waals surface area contributed by atoms with Gasteiger partial charge in [0.15, 0.2) is 0 Å². The van der Waals surface area contributed by atoms with Crippen LogP contribution < -0.4 is 4.90 Å². The van der Waals surface area contributed by atoms with E-state index in [0.717, 1.165) is 30.0 Å². The van der Waals surface area contributed by atoms with Gasteiger partial charge in [0.25, 0.3) is 0 Å². The molecule has 1 aromatic carbocycles. The van der Waals surface area contributed by atoms with E-state index in [2.05, 4.69) is 21.8 Å². The number of aromatic nitrogens is 2. The fraction of sp³-hybridized carbons (Fsp3) is 0.375. The number of aryl methyl sites for hydroxylation is 2. The molecule has 1 saturated heterocycles. The Hall–Kier alpha value is -1.94. The van der Waals surface area contributed by atoms with Crippen LogP contribution in [0.15, 0.2) is 36.7 Å². The first-order valence-corrected chi connectivity index (χ1v) is 6.90. The Morgan fingerprint density at radius 2 is 1.90 bits per heavy atom. The number of hydrogen-bond donors (Lipinski definition) is 1. The van der Waals surface area contributed by atoms with Crippen molar-refractivity contribution in [2.24, 2.45) is 0 Å². The molecular weight excluding hydrogens is 250 g/mol. The topological polar surface area (TPSA) is 49.2 Å². The molecule has 0 aliphatic carbocycles. The zero-order valence-electron chi connectivity index (χ0n) is 11.9. The van der Waals surface area contributed by atoms with Crippen LogP contribution in [-0.2, 0) is 5.60 Å². The molecule has 4 nitrogen and oxygen atoms in total. The molecule has 1 atom stereocenters. The van der Waals surface area contributed by atoms with Crippen molar-refractivity contribution in [1.29, 1.82) is 0 Å². The summed E-state index contributed by atoms with van der Waals surface area (Å²) in [5.74, 6) is 0.889. The fourth-order valence-corrected chi connectivity index (χ4v) is 2.70. The normalized spacial score (nSPS) is 22.2. The van der Waals surface area contributed by atoms with Crippen molar-refractivity contribution in [1.82, 2.24) is 9.97 Å². The maximum absolute atomic E-state index is 10.9. The summed E-state index contributed by atoms with van der Waals surface area (Å²) in [7, 11) is 0. The summed E-state index contributed by atoms with van der Waals surface area (Å²) < 4.78 is 0. The Labute approximate surface area is 119 Å². The number of nitrogens with zero attached hydrogens (tertiary/aromatic N) is 3. The standard InChI is InChI=1S/C16H19N3O/c1-12-3-5-14(6-4-12)16(20)7-8-19(10-16)15-9-13(2)17-11-18-15/h3-6,9,11,20H,7-8,10H2,1-2H3/t16-/m0/s1. The minimum atomic E-state index is -0.785. The average molecular weight is 269 g/mol. The molecule has 20 heavy (non-hydrogen) atoms. The van der Waals surface area contributed by atoms with E-state index in [1.807, 2.05) is 37.3 Å². The van der Waals surface area contributed by atoms with Gasteiger partial charge in [0.05, 0.1) is 6.54 Å². The van der Waals surface area contributed by atoms with Gasteiger partial charge in [-0.25, -0.2) is 9.97 Å². The van der Waals surface area contributed by atoms with Gasteiger partial charge in [-0.3, -0.25) is 0 Å². The molecule has 0 saturated carbocycles. The molecule has 1 aliphatic heterocycles. The molecule has 1 aromatic heterocycles. The second-order valence-corrected chi connectivity index (χ2v) is 5.59. The summed E-state index contributed by atoms with van der Waals surface area (Å²) >= 11 is 0. The van der Waals surface area contributed by atoms with Crippen LogP contribution in [0.5, 0.6) is 0 Å². The Bertz CT molecular complexity index is 611. The molecule has 0 amide bonds. The number of rotatable bonds is 2. The third-order valence-electron chi connectivity index (χ3n) is 3.95. The van der Waals surface area contributed by atoms with Crippen LogP contribution in [0.3, 0.4) is 0 Å². The molecule has 104 valence electrons. The maximum Gasteiger partial charge on any atom is 0.132 e. The predicted octanol–water partition coefficient (Wildman–Crippen LogP) is 2.19. The largest absolute Gasteiger partial charge is 0.383 e. The van der Waals surface area contributed by atoms with Crippen molar-refractivity contribution in [2.45, 2.75) is 25.9 Å². The van der Waals surface area contributed by atoms with Gasteiger partial charge in [-0.2, -0.15) is 0 Å². The molecule has 0 spiro atoms. The van der Waals surface area contributed by atoms with Crippen LogP contribution in [0.1, 0.15) is 23.2 Å². The van der Waals surface area contributed by atoms with Crippen molar-refractivity contribution in [3.05, 3.63) is 53.5 Å². The smallest absolute Gasteiger partial charge is 0.132 e. The second-order valence-electron chi connectivity index (χ2n) is 5.59. The minimum absolute atomic E-state index is 0.576. The van der Waals surface area contributed by atoms with E-state index in [1.54, 1.807) is 6.33 Å². The van der Waals surface area contributed by atoms with Crippen molar-refractivity contribution in [3.63, 3.8) is 0 Å². The first kappa shape index (κ1) is 13.1. The van der Waals surface area contributed by atoms with Crippen molar-refractivity contribution in [3.8, 4) is 0 Å². The highest BCUT2D eigenvalue weighted by Gasteiger charge is 2.38. The Kier molecular flexibility index (Phi) is 3.18. The van der Waals surface area contributed by atoms with Crippen LogP contribution in [0.4, 0.5) is 5.82 Å². The van der Waals surface area contributed by atoms with Gasteiger partial charge >= 0.3 is 0 Å². The van der Waals surface area contributed by atoms with Gasteiger partial charge in [0.2, 0.25) is 0 Å². The Morgan fingerprint density at radius 3 is 2.60 bits per heavy atom. The molecule has 1 N–H and O–H groups in total. The van der Waals surface area contributed by atoms with Crippen molar-refractivity contribution < 1.29 is 5.11 Å². The second kappa shape index (κ2) is 4.87. The summed E-state index contributed by atoms with van der Waals surface area (Å²) in [5.41, 5.74) is 2.35. The highest BCUT2D eigenvalue weighted by Crippen LogP contribution is 2.33. The lowest BCUT2D eigenvalue weighted by Crippen LogP contribution is -2.31. The van der Waals surface area contributed by atoms with Crippen LogP contribution in [0.2, 0.25) is 0 Å². The van der Waals surface area contributed by atoms with Crippen LogP contribution in [-0.4, -0.2) is 28.2 Å². The number of aliphatic hydroxyl groups is 1. The molecule has 2 heterocycles. The van der Waals surface area contributed by atoms with Crippen molar-refractivity contribution >= 4 is 5.82 Å².